The fraction of sp³-hybridized carbons (Fsp3) is 0.538. The highest BCUT2D eigenvalue weighted by atomic mass is 19.1. The van der Waals surface area contributed by atoms with Gasteiger partial charge in [0.05, 0.1) is 0 Å². The topological polar surface area (TPSA) is 12.0 Å². The molecule has 0 amide bonds. The van der Waals surface area contributed by atoms with E-state index in [1.165, 1.54) is 6.07 Å². The predicted molar refractivity (Wildman–Crippen MR) is 63.7 cm³/mol. The first-order valence-corrected chi connectivity index (χ1v) is 5.57. The molecule has 0 aliphatic rings. The third-order valence-corrected chi connectivity index (χ3v) is 3.07. The summed E-state index contributed by atoms with van der Waals surface area (Å²) in [5.74, 6) is 0.448. The van der Waals surface area contributed by atoms with Crippen LogP contribution < -0.4 is 5.32 Å². The Labute approximate surface area is 91.7 Å². The van der Waals surface area contributed by atoms with Crippen LogP contribution >= 0.6 is 0 Å². The van der Waals surface area contributed by atoms with Crippen LogP contribution in [-0.2, 0) is 0 Å². The first-order valence-electron chi connectivity index (χ1n) is 5.57. The zero-order valence-corrected chi connectivity index (χ0v) is 9.97. The van der Waals surface area contributed by atoms with Gasteiger partial charge in [0.15, 0.2) is 0 Å². The zero-order valence-electron chi connectivity index (χ0n) is 9.97. The summed E-state index contributed by atoms with van der Waals surface area (Å²) >= 11 is 0. The minimum absolute atomic E-state index is 0.172. The maximum absolute atomic E-state index is 12.9. The number of halogens is 1. The molecule has 15 heavy (non-hydrogen) atoms. The maximum atomic E-state index is 12.9. The van der Waals surface area contributed by atoms with Crippen LogP contribution in [0.2, 0.25) is 0 Å². The minimum Gasteiger partial charge on any atom is -0.382 e. The number of aryl methyl sites for hydroxylation is 1. The standard InChI is InChI=1S/C13H20FN/c1-5-9(2)11(4)15-13-7-6-12(14)8-10(13)3/h6-9,11,15H,5H2,1-4H3. The lowest BCUT2D eigenvalue weighted by Gasteiger charge is -2.22. The van der Waals surface area contributed by atoms with Crippen molar-refractivity contribution < 1.29 is 4.39 Å². The van der Waals surface area contributed by atoms with Crippen molar-refractivity contribution in [3.63, 3.8) is 0 Å². The number of nitrogens with one attached hydrogen (secondary N) is 1. The van der Waals surface area contributed by atoms with Crippen molar-refractivity contribution in [3.8, 4) is 0 Å². The molecule has 0 spiro atoms. The van der Waals surface area contributed by atoms with Crippen LogP contribution in [0.15, 0.2) is 18.2 Å². The van der Waals surface area contributed by atoms with Crippen molar-refractivity contribution >= 4 is 5.69 Å². The molecule has 1 nitrogen and oxygen atoms in total. The van der Waals surface area contributed by atoms with Gasteiger partial charge in [0, 0.05) is 11.7 Å². The second-order valence-electron chi connectivity index (χ2n) is 4.28. The summed E-state index contributed by atoms with van der Waals surface area (Å²) in [6.07, 6.45) is 1.15. The summed E-state index contributed by atoms with van der Waals surface area (Å²) in [7, 11) is 0. The molecular formula is C13H20FN. The van der Waals surface area contributed by atoms with Crippen LogP contribution in [0.25, 0.3) is 0 Å². The lowest BCUT2D eigenvalue weighted by atomic mass is 10.0. The number of anilines is 1. The highest BCUT2D eigenvalue weighted by Crippen LogP contribution is 2.19. The monoisotopic (exact) mass is 209 g/mol. The van der Waals surface area contributed by atoms with Crippen LogP contribution in [0.5, 0.6) is 0 Å². The van der Waals surface area contributed by atoms with E-state index < -0.39 is 0 Å². The van der Waals surface area contributed by atoms with Gasteiger partial charge in [-0.25, -0.2) is 4.39 Å². The molecule has 0 saturated carbocycles. The van der Waals surface area contributed by atoms with Gasteiger partial charge in [-0.3, -0.25) is 0 Å². The second-order valence-corrected chi connectivity index (χ2v) is 4.28. The third-order valence-electron chi connectivity index (χ3n) is 3.07. The average Bonchev–Trinajstić information content (AvgIpc) is 2.20. The SMILES string of the molecule is CCC(C)C(C)Nc1ccc(F)cc1C. The summed E-state index contributed by atoms with van der Waals surface area (Å²) in [5.41, 5.74) is 1.99. The van der Waals surface area contributed by atoms with Gasteiger partial charge in [-0.05, 0) is 43.5 Å². The molecular weight excluding hydrogens is 189 g/mol. The van der Waals surface area contributed by atoms with Gasteiger partial charge in [0.25, 0.3) is 0 Å². The normalized spacial score (nSPS) is 14.7. The van der Waals surface area contributed by atoms with E-state index in [-0.39, 0.29) is 5.82 Å². The molecule has 0 bridgehead atoms. The Bertz CT molecular complexity index is 322. The Morgan fingerprint density at radius 1 is 1.33 bits per heavy atom. The van der Waals surface area contributed by atoms with Gasteiger partial charge in [0.1, 0.15) is 5.82 Å². The van der Waals surface area contributed by atoms with Gasteiger partial charge in [-0.15, -0.1) is 0 Å². The molecule has 1 aromatic carbocycles. The number of hydrogen-bond donors (Lipinski definition) is 1. The molecule has 2 heteroatoms. The molecule has 1 aromatic rings. The number of benzene rings is 1. The maximum Gasteiger partial charge on any atom is 0.123 e. The highest BCUT2D eigenvalue weighted by molar-refractivity contribution is 5.51. The first-order chi connectivity index (χ1) is 7.04. The van der Waals surface area contributed by atoms with E-state index in [1.807, 2.05) is 13.0 Å². The van der Waals surface area contributed by atoms with E-state index in [0.29, 0.717) is 12.0 Å². The van der Waals surface area contributed by atoms with Crippen LogP contribution in [0.3, 0.4) is 0 Å². The van der Waals surface area contributed by atoms with E-state index in [1.54, 1.807) is 6.07 Å². The van der Waals surface area contributed by atoms with Gasteiger partial charge < -0.3 is 5.32 Å². The van der Waals surface area contributed by atoms with Gasteiger partial charge in [0.2, 0.25) is 0 Å². The fourth-order valence-electron chi connectivity index (χ4n) is 1.53. The molecule has 2 atom stereocenters. The number of rotatable bonds is 4. The highest BCUT2D eigenvalue weighted by Gasteiger charge is 2.10. The van der Waals surface area contributed by atoms with Crippen molar-refractivity contribution in [1.82, 2.24) is 0 Å². The van der Waals surface area contributed by atoms with E-state index in [9.17, 15) is 4.39 Å². The molecule has 0 fully saturated rings. The molecule has 0 heterocycles. The molecule has 84 valence electrons. The Kier molecular flexibility index (Phi) is 4.13. The van der Waals surface area contributed by atoms with E-state index in [4.69, 9.17) is 0 Å². The summed E-state index contributed by atoms with van der Waals surface area (Å²) in [4.78, 5) is 0. The molecule has 1 N–H and O–H groups in total. The Morgan fingerprint density at radius 3 is 2.53 bits per heavy atom. The smallest absolute Gasteiger partial charge is 0.123 e. The summed E-state index contributed by atoms with van der Waals surface area (Å²) < 4.78 is 12.9. The quantitative estimate of drug-likeness (QED) is 0.791. The zero-order chi connectivity index (χ0) is 11.4. The van der Waals surface area contributed by atoms with Crippen molar-refractivity contribution in [2.75, 3.05) is 5.32 Å². The fourth-order valence-corrected chi connectivity index (χ4v) is 1.53. The second kappa shape index (κ2) is 5.15. The summed E-state index contributed by atoms with van der Waals surface area (Å²) in [6.45, 7) is 8.49. The van der Waals surface area contributed by atoms with Crippen molar-refractivity contribution in [3.05, 3.63) is 29.6 Å². The van der Waals surface area contributed by atoms with Crippen LogP contribution in [0.4, 0.5) is 10.1 Å². The number of hydrogen-bond acceptors (Lipinski definition) is 1. The lowest BCUT2D eigenvalue weighted by Crippen LogP contribution is -2.23. The van der Waals surface area contributed by atoms with Crippen LogP contribution in [0, 0.1) is 18.7 Å². The van der Waals surface area contributed by atoms with E-state index in [2.05, 4.69) is 26.1 Å². The van der Waals surface area contributed by atoms with Crippen LogP contribution in [-0.4, -0.2) is 6.04 Å². The summed E-state index contributed by atoms with van der Waals surface area (Å²) in [5, 5.41) is 3.42. The van der Waals surface area contributed by atoms with Gasteiger partial charge in [-0.1, -0.05) is 20.3 Å². The molecule has 0 saturated heterocycles. The lowest BCUT2D eigenvalue weighted by molar-refractivity contribution is 0.494. The molecule has 0 aliphatic heterocycles. The summed E-state index contributed by atoms with van der Waals surface area (Å²) in [6, 6.07) is 5.28. The molecule has 0 radical (unpaired) electrons. The average molecular weight is 209 g/mol. The van der Waals surface area contributed by atoms with E-state index in [0.717, 1.165) is 17.7 Å². The molecule has 2 unspecified atom stereocenters. The Morgan fingerprint density at radius 2 is 2.00 bits per heavy atom. The minimum atomic E-state index is -0.172. The molecule has 1 rings (SSSR count). The van der Waals surface area contributed by atoms with Crippen LogP contribution in [0.1, 0.15) is 32.8 Å². The van der Waals surface area contributed by atoms with Gasteiger partial charge >= 0.3 is 0 Å². The van der Waals surface area contributed by atoms with E-state index >= 15 is 0 Å². The third kappa shape index (κ3) is 3.22. The first kappa shape index (κ1) is 12.0. The largest absolute Gasteiger partial charge is 0.382 e. The molecule has 0 aliphatic carbocycles. The Balaban J connectivity index is 2.72. The van der Waals surface area contributed by atoms with Gasteiger partial charge in [-0.2, -0.15) is 0 Å². The van der Waals surface area contributed by atoms with Crippen molar-refractivity contribution in [1.29, 1.82) is 0 Å². The molecule has 0 aromatic heterocycles. The van der Waals surface area contributed by atoms with Crippen molar-refractivity contribution in [2.45, 2.75) is 40.2 Å². The van der Waals surface area contributed by atoms with Crippen molar-refractivity contribution in [2.24, 2.45) is 5.92 Å². The Hall–Kier alpha value is -1.05. The predicted octanol–water partition coefficient (Wildman–Crippen LogP) is 3.98.